The van der Waals surface area contributed by atoms with Crippen molar-refractivity contribution in [1.82, 2.24) is 5.32 Å². The highest BCUT2D eigenvalue weighted by Gasteiger charge is 2.21. The van der Waals surface area contributed by atoms with Gasteiger partial charge in [-0.25, -0.2) is 13.6 Å². The number of halogens is 2. The second kappa shape index (κ2) is 9.26. The van der Waals surface area contributed by atoms with Gasteiger partial charge in [0.15, 0.2) is 0 Å². The van der Waals surface area contributed by atoms with Gasteiger partial charge in [-0.15, -0.1) is 0 Å². The van der Waals surface area contributed by atoms with E-state index in [0.29, 0.717) is 18.2 Å². The number of urea groups is 1. The van der Waals surface area contributed by atoms with Crippen LogP contribution in [0.3, 0.4) is 0 Å². The molecule has 27 heavy (non-hydrogen) atoms. The zero-order valence-corrected chi connectivity index (χ0v) is 15.1. The van der Waals surface area contributed by atoms with Crippen LogP contribution in [0.5, 0.6) is 0 Å². The first kappa shape index (κ1) is 19.0. The molecule has 2 amide bonds. The number of hydrogen-bond acceptors (Lipinski definition) is 2. The third kappa shape index (κ3) is 5.88. The monoisotopic (exact) mass is 371 g/mol. The minimum Gasteiger partial charge on any atom is -0.338 e. The first-order valence-electron chi connectivity index (χ1n) is 9.18. The Morgan fingerprint density at radius 1 is 1.04 bits per heavy atom. The Hall–Kier alpha value is -2.76. The van der Waals surface area contributed by atoms with Crippen LogP contribution in [0.4, 0.5) is 19.3 Å². The predicted octanol–water partition coefficient (Wildman–Crippen LogP) is 4.57. The number of carbonyl (C=O) groups is 1. The van der Waals surface area contributed by atoms with Gasteiger partial charge in [0.25, 0.3) is 0 Å². The molecule has 2 N–H and O–H groups in total. The largest absolute Gasteiger partial charge is 0.338 e. The lowest BCUT2D eigenvalue weighted by Gasteiger charge is -2.14. The SMILES string of the molecule is O=C(NCCCC1=NCCC1Cc1ccc(F)cc1)Nc1ccc(F)cc1. The van der Waals surface area contributed by atoms with E-state index in [1.165, 1.54) is 42.1 Å². The molecule has 3 rings (SSSR count). The van der Waals surface area contributed by atoms with Gasteiger partial charge in [-0.2, -0.15) is 0 Å². The first-order valence-corrected chi connectivity index (χ1v) is 9.18. The zero-order chi connectivity index (χ0) is 19.1. The Balaban J connectivity index is 1.38. The van der Waals surface area contributed by atoms with E-state index in [-0.39, 0.29) is 17.7 Å². The average Bonchev–Trinajstić information content (AvgIpc) is 3.10. The molecule has 1 unspecified atom stereocenters. The van der Waals surface area contributed by atoms with Crippen LogP contribution in [0, 0.1) is 17.6 Å². The molecule has 6 heteroatoms. The molecule has 1 aliphatic rings. The standard InChI is InChI=1S/C21H23F2N3O/c22-17-5-3-15(4-6-17)14-16-11-13-24-20(16)2-1-12-25-21(27)26-19-9-7-18(23)8-10-19/h3-10,16H,1-2,11-14H2,(H2,25,26,27). The molecule has 2 aromatic rings. The molecular formula is C21H23F2N3O. The molecule has 0 radical (unpaired) electrons. The molecule has 0 bridgehead atoms. The lowest BCUT2D eigenvalue weighted by atomic mass is 9.91. The number of hydrogen-bond donors (Lipinski definition) is 2. The van der Waals surface area contributed by atoms with Crippen LogP contribution in [0.2, 0.25) is 0 Å². The highest BCUT2D eigenvalue weighted by Crippen LogP contribution is 2.22. The van der Waals surface area contributed by atoms with Crippen molar-refractivity contribution in [3.05, 3.63) is 65.7 Å². The molecule has 0 fully saturated rings. The molecular weight excluding hydrogens is 348 g/mol. The van der Waals surface area contributed by atoms with E-state index in [0.717, 1.165) is 37.8 Å². The topological polar surface area (TPSA) is 53.5 Å². The van der Waals surface area contributed by atoms with Gasteiger partial charge in [-0.05, 0) is 67.6 Å². The lowest BCUT2D eigenvalue weighted by molar-refractivity contribution is 0.252. The van der Waals surface area contributed by atoms with Crippen LogP contribution >= 0.6 is 0 Å². The summed E-state index contributed by atoms with van der Waals surface area (Å²) in [6, 6.07) is 12.0. The van der Waals surface area contributed by atoms with E-state index in [4.69, 9.17) is 0 Å². The molecule has 0 spiro atoms. The molecule has 1 atom stereocenters. The Morgan fingerprint density at radius 2 is 1.70 bits per heavy atom. The number of carbonyl (C=O) groups excluding carboxylic acids is 1. The number of nitrogens with zero attached hydrogens (tertiary/aromatic N) is 1. The van der Waals surface area contributed by atoms with Crippen LogP contribution in [-0.2, 0) is 6.42 Å². The molecule has 4 nitrogen and oxygen atoms in total. The van der Waals surface area contributed by atoms with Crippen molar-refractivity contribution in [3.63, 3.8) is 0 Å². The molecule has 1 aliphatic heterocycles. The maximum Gasteiger partial charge on any atom is 0.319 e. The fourth-order valence-electron chi connectivity index (χ4n) is 3.25. The van der Waals surface area contributed by atoms with E-state index >= 15 is 0 Å². The van der Waals surface area contributed by atoms with Gasteiger partial charge in [0.05, 0.1) is 0 Å². The molecule has 0 saturated heterocycles. The summed E-state index contributed by atoms with van der Waals surface area (Å²) in [6.45, 7) is 1.37. The smallest absolute Gasteiger partial charge is 0.319 e. The average molecular weight is 371 g/mol. The zero-order valence-electron chi connectivity index (χ0n) is 15.1. The fourth-order valence-corrected chi connectivity index (χ4v) is 3.25. The minimum absolute atomic E-state index is 0.218. The maximum atomic E-state index is 13.0. The number of benzene rings is 2. The summed E-state index contributed by atoms with van der Waals surface area (Å²) in [5.74, 6) is -0.166. The molecule has 0 aromatic heterocycles. The van der Waals surface area contributed by atoms with Gasteiger partial charge in [0.1, 0.15) is 11.6 Å². The van der Waals surface area contributed by atoms with E-state index in [1.807, 2.05) is 12.1 Å². The Bertz CT molecular complexity index is 788. The fraction of sp³-hybridized carbons (Fsp3) is 0.333. The van der Waals surface area contributed by atoms with Crippen LogP contribution < -0.4 is 10.6 Å². The van der Waals surface area contributed by atoms with Crippen LogP contribution in [0.15, 0.2) is 53.5 Å². The number of amides is 2. The lowest BCUT2D eigenvalue weighted by Crippen LogP contribution is -2.30. The summed E-state index contributed by atoms with van der Waals surface area (Å²) < 4.78 is 25.9. The molecule has 2 aromatic carbocycles. The third-order valence-corrected chi connectivity index (χ3v) is 4.66. The second-order valence-corrected chi connectivity index (χ2v) is 6.68. The molecule has 0 aliphatic carbocycles. The summed E-state index contributed by atoms with van der Waals surface area (Å²) in [7, 11) is 0. The minimum atomic E-state index is -0.339. The van der Waals surface area contributed by atoms with Gasteiger partial charge >= 0.3 is 6.03 Å². The van der Waals surface area contributed by atoms with Crippen LogP contribution in [-0.4, -0.2) is 24.8 Å². The summed E-state index contributed by atoms with van der Waals surface area (Å²) >= 11 is 0. The van der Waals surface area contributed by atoms with Crippen molar-refractivity contribution in [2.45, 2.75) is 25.7 Å². The highest BCUT2D eigenvalue weighted by molar-refractivity contribution is 5.90. The van der Waals surface area contributed by atoms with Crippen LogP contribution in [0.25, 0.3) is 0 Å². The third-order valence-electron chi connectivity index (χ3n) is 4.66. The van der Waals surface area contributed by atoms with E-state index < -0.39 is 0 Å². The quantitative estimate of drug-likeness (QED) is 0.688. The van der Waals surface area contributed by atoms with Crippen molar-refractivity contribution in [2.24, 2.45) is 10.9 Å². The van der Waals surface area contributed by atoms with Crippen molar-refractivity contribution in [3.8, 4) is 0 Å². The number of nitrogens with one attached hydrogen (secondary N) is 2. The number of anilines is 1. The normalized spacial score (nSPS) is 16.1. The Kier molecular flexibility index (Phi) is 6.52. The second-order valence-electron chi connectivity index (χ2n) is 6.68. The van der Waals surface area contributed by atoms with Gasteiger partial charge in [0.2, 0.25) is 0 Å². The summed E-state index contributed by atoms with van der Waals surface area (Å²) in [4.78, 5) is 16.5. The number of aliphatic imine (C=N–C) groups is 1. The van der Waals surface area contributed by atoms with Gasteiger partial charge in [0, 0.05) is 30.4 Å². The van der Waals surface area contributed by atoms with Crippen molar-refractivity contribution in [2.75, 3.05) is 18.4 Å². The predicted molar refractivity (Wildman–Crippen MR) is 103 cm³/mol. The molecule has 0 saturated carbocycles. The first-order chi connectivity index (χ1) is 13.1. The molecule has 142 valence electrons. The van der Waals surface area contributed by atoms with E-state index in [9.17, 15) is 13.6 Å². The summed E-state index contributed by atoms with van der Waals surface area (Å²) in [5, 5.41) is 5.47. The van der Waals surface area contributed by atoms with E-state index in [1.54, 1.807) is 0 Å². The van der Waals surface area contributed by atoms with Crippen molar-refractivity contribution in [1.29, 1.82) is 0 Å². The Morgan fingerprint density at radius 3 is 2.41 bits per heavy atom. The van der Waals surface area contributed by atoms with Gasteiger partial charge < -0.3 is 10.6 Å². The van der Waals surface area contributed by atoms with Crippen LogP contribution in [0.1, 0.15) is 24.8 Å². The maximum absolute atomic E-state index is 13.0. The van der Waals surface area contributed by atoms with Crippen molar-refractivity contribution >= 4 is 17.4 Å². The number of rotatable bonds is 7. The van der Waals surface area contributed by atoms with E-state index in [2.05, 4.69) is 15.6 Å². The van der Waals surface area contributed by atoms with Crippen molar-refractivity contribution < 1.29 is 13.6 Å². The Labute approximate surface area is 157 Å². The molecule has 1 heterocycles. The summed E-state index contributed by atoms with van der Waals surface area (Å²) in [6.07, 6.45) is 3.53. The summed E-state index contributed by atoms with van der Waals surface area (Å²) in [5.41, 5.74) is 2.85. The van der Waals surface area contributed by atoms with Gasteiger partial charge in [-0.1, -0.05) is 12.1 Å². The van der Waals surface area contributed by atoms with Gasteiger partial charge in [-0.3, -0.25) is 4.99 Å². The highest BCUT2D eigenvalue weighted by atomic mass is 19.1.